The number of hydrogen-bond donors (Lipinski definition) is 0. The van der Waals surface area contributed by atoms with Crippen molar-refractivity contribution in [1.82, 2.24) is 0 Å². The Bertz CT molecular complexity index is 401. The van der Waals surface area contributed by atoms with E-state index in [1.165, 1.54) is 13.2 Å². The van der Waals surface area contributed by atoms with Crippen LogP contribution in [0, 0.1) is 5.82 Å². The van der Waals surface area contributed by atoms with Crippen molar-refractivity contribution in [1.29, 1.82) is 0 Å². The van der Waals surface area contributed by atoms with Crippen LogP contribution in [0.2, 0.25) is 0 Å². The van der Waals surface area contributed by atoms with E-state index in [4.69, 9.17) is 4.74 Å². The summed E-state index contributed by atoms with van der Waals surface area (Å²) in [4.78, 5) is 21.1. The first-order valence-electron chi connectivity index (χ1n) is 4.09. The van der Waals surface area contributed by atoms with Gasteiger partial charge in [0.05, 0.1) is 7.11 Å². The highest BCUT2D eigenvalue weighted by Gasteiger charge is 2.14. The van der Waals surface area contributed by atoms with E-state index >= 15 is 0 Å². The second-order valence-corrected chi connectivity index (χ2v) is 2.75. The maximum absolute atomic E-state index is 13.3. The van der Waals surface area contributed by atoms with Gasteiger partial charge in [-0.3, -0.25) is 9.59 Å². The third-order valence-electron chi connectivity index (χ3n) is 1.63. The average molecular weight is 212 g/mol. The van der Waals surface area contributed by atoms with E-state index in [0.29, 0.717) is 6.29 Å². The summed E-state index contributed by atoms with van der Waals surface area (Å²) in [6, 6.07) is 2.25. The predicted molar refractivity (Wildman–Crippen MR) is 49.6 cm³/mol. The van der Waals surface area contributed by atoms with Gasteiger partial charge >= 0.3 is 5.97 Å². The van der Waals surface area contributed by atoms with Crippen LogP contribution in [-0.4, -0.2) is 19.4 Å². The van der Waals surface area contributed by atoms with E-state index in [0.717, 1.165) is 13.0 Å². The zero-order valence-corrected chi connectivity index (χ0v) is 8.24. The van der Waals surface area contributed by atoms with Gasteiger partial charge in [-0.1, -0.05) is 0 Å². The molecule has 0 atom stereocenters. The Balaban J connectivity index is 3.23. The first-order chi connectivity index (χ1) is 7.08. The Labute approximate surface area is 85.6 Å². The number of halogens is 1. The van der Waals surface area contributed by atoms with Crippen molar-refractivity contribution >= 4 is 12.3 Å². The van der Waals surface area contributed by atoms with E-state index in [1.807, 2.05) is 0 Å². The summed E-state index contributed by atoms with van der Waals surface area (Å²) in [6.45, 7) is 1.15. The summed E-state index contributed by atoms with van der Waals surface area (Å²) < 4.78 is 22.7. The molecule has 0 spiro atoms. The molecule has 5 heteroatoms. The number of ether oxygens (including phenoxy) is 2. The molecule has 0 amide bonds. The number of carbonyl (C=O) groups is 2. The molecule has 0 heterocycles. The fraction of sp³-hybridized carbons (Fsp3) is 0.200. The molecule has 1 aromatic carbocycles. The van der Waals surface area contributed by atoms with Gasteiger partial charge in [0, 0.05) is 12.5 Å². The average Bonchev–Trinajstić information content (AvgIpc) is 2.20. The van der Waals surface area contributed by atoms with Crippen molar-refractivity contribution in [3.05, 3.63) is 23.5 Å². The Morgan fingerprint density at radius 2 is 2.13 bits per heavy atom. The van der Waals surface area contributed by atoms with Crippen molar-refractivity contribution < 1.29 is 23.5 Å². The molecule has 0 aliphatic carbocycles. The molecule has 0 aromatic heterocycles. The third-order valence-corrected chi connectivity index (χ3v) is 1.63. The van der Waals surface area contributed by atoms with E-state index in [-0.39, 0.29) is 17.1 Å². The monoisotopic (exact) mass is 212 g/mol. The van der Waals surface area contributed by atoms with Crippen LogP contribution in [0.4, 0.5) is 4.39 Å². The Morgan fingerprint density at radius 1 is 1.47 bits per heavy atom. The topological polar surface area (TPSA) is 52.6 Å². The van der Waals surface area contributed by atoms with Gasteiger partial charge in [-0.25, -0.2) is 4.39 Å². The van der Waals surface area contributed by atoms with Crippen LogP contribution in [0.5, 0.6) is 11.5 Å². The minimum Gasteiger partial charge on any atom is -0.493 e. The predicted octanol–water partition coefficient (Wildman–Crippen LogP) is 1.57. The first-order valence-corrected chi connectivity index (χ1v) is 4.09. The Morgan fingerprint density at radius 3 is 2.60 bits per heavy atom. The largest absolute Gasteiger partial charge is 0.493 e. The number of rotatable bonds is 3. The summed E-state index contributed by atoms with van der Waals surface area (Å²) in [5.41, 5.74) is 0.111. The molecule has 0 fully saturated rings. The Hall–Kier alpha value is -1.91. The van der Waals surface area contributed by atoms with E-state index in [2.05, 4.69) is 4.74 Å². The van der Waals surface area contributed by atoms with Crippen LogP contribution in [0.25, 0.3) is 0 Å². The minimum atomic E-state index is -0.813. The molecule has 0 radical (unpaired) electrons. The fourth-order valence-electron chi connectivity index (χ4n) is 1.05. The number of hydrogen-bond acceptors (Lipinski definition) is 4. The van der Waals surface area contributed by atoms with Crippen LogP contribution in [0.15, 0.2) is 12.1 Å². The van der Waals surface area contributed by atoms with Crippen LogP contribution in [0.1, 0.15) is 17.3 Å². The second kappa shape index (κ2) is 4.54. The highest BCUT2D eigenvalue weighted by atomic mass is 19.1. The lowest BCUT2D eigenvalue weighted by Gasteiger charge is -2.09. The molecule has 0 aliphatic heterocycles. The maximum atomic E-state index is 13.3. The van der Waals surface area contributed by atoms with Crippen LogP contribution in [0.3, 0.4) is 0 Å². The minimum absolute atomic E-state index is 0.00676. The Kier molecular flexibility index (Phi) is 3.38. The lowest BCUT2D eigenvalue weighted by Crippen LogP contribution is -2.05. The molecule has 15 heavy (non-hydrogen) atoms. The highest BCUT2D eigenvalue weighted by molar-refractivity contribution is 5.77. The smallest absolute Gasteiger partial charge is 0.308 e. The van der Waals surface area contributed by atoms with E-state index in [1.54, 1.807) is 0 Å². The SMILES string of the molecule is COc1cc(C=O)cc(F)c1OC(C)=O. The molecular formula is C10H9FO4. The number of aldehydes is 1. The molecule has 80 valence electrons. The first kappa shape index (κ1) is 11.2. The molecule has 4 nitrogen and oxygen atoms in total. The molecule has 0 saturated heterocycles. The van der Waals surface area contributed by atoms with Crippen LogP contribution >= 0.6 is 0 Å². The van der Waals surface area contributed by atoms with Gasteiger partial charge in [-0.15, -0.1) is 0 Å². The van der Waals surface area contributed by atoms with Crippen molar-refractivity contribution in [2.75, 3.05) is 7.11 Å². The van der Waals surface area contributed by atoms with Crippen molar-refractivity contribution in [2.45, 2.75) is 6.92 Å². The molecule has 0 saturated carbocycles. The second-order valence-electron chi connectivity index (χ2n) is 2.75. The summed E-state index contributed by atoms with van der Waals surface area (Å²) in [5.74, 6) is -1.78. The summed E-state index contributed by atoms with van der Waals surface area (Å²) >= 11 is 0. The lowest BCUT2D eigenvalue weighted by atomic mass is 10.2. The molecule has 0 N–H and O–H groups in total. The zero-order valence-electron chi connectivity index (χ0n) is 8.24. The normalized spacial score (nSPS) is 9.53. The lowest BCUT2D eigenvalue weighted by molar-refractivity contribution is -0.132. The van der Waals surface area contributed by atoms with Gasteiger partial charge in [-0.05, 0) is 12.1 Å². The quantitative estimate of drug-likeness (QED) is 0.433. The van der Waals surface area contributed by atoms with Gasteiger partial charge in [-0.2, -0.15) is 0 Å². The van der Waals surface area contributed by atoms with Crippen LogP contribution in [-0.2, 0) is 4.79 Å². The third kappa shape index (κ3) is 2.52. The molecular weight excluding hydrogens is 203 g/mol. The van der Waals surface area contributed by atoms with Crippen molar-refractivity contribution in [3.8, 4) is 11.5 Å². The number of benzene rings is 1. The van der Waals surface area contributed by atoms with E-state index < -0.39 is 11.8 Å². The molecule has 0 unspecified atom stereocenters. The fourth-order valence-corrected chi connectivity index (χ4v) is 1.05. The summed E-state index contributed by atoms with van der Waals surface area (Å²) in [5, 5.41) is 0. The van der Waals surface area contributed by atoms with Crippen molar-refractivity contribution in [2.24, 2.45) is 0 Å². The number of carbonyl (C=O) groups excluding carboxylic acids is 2. The molecule has 0 aliphatic rings. The molecule has 1 aromatic rings. The van der Waals surface area contributed by atoms with Gasteiger partial charge in [0.25, 0.3) is 0 Å². The van der Waals surface area contributed by atoms with Gasteiger partial charge in [0.2, 0.25) is 5.75 Å². The maximum Gasteiger partial charge on any atom is 0.308 e. The van der Waals surface area contributed by atoms with Crippen molar-refractivity contribution in [3.63, 3.8) is 0 Å². The van der Waals surface area contributed by atoms with Crippen LogP contribution < -0.4 is 9.47 Å². The molecule has 0 bridgehead atoms. The van der Waals surface area contributed by atoms with Gasteiger partial charge in [0.1, 0.15) is 6.29 Å². The number of methoxy groups -OCH3 is 1. The standard InChI is InChI=1S/C10H9FO4/c1-6(13)15-10-8(11)3-7(5-12)4-9(10)14-2/h3-5H,1-2H3. The molecule has 1 rings (SSSR count). The highest BCUT2D eigenvalue weighted by Crippen LogP contribution is 2.31. The zero-order chi connectivity index (χ0) is 11.4. The van der Waals surface area contributed by atoms with Gasteiger partial charge < -0.3 is 9.47 Å². The van der Waals surface area contributed by atoms with E-state index in [9.17, 15) is 14.0 Å². The summed E-state index contributed by atoms with van der Waals surface area (Å²) in [6.07, 6.45) is 0.475. The number of esters is 1. The summed E-state index contributed by atoms with van der Waals surface area (Å²) in [7, 11) is 1.29. The van der Waals surface area contributed by atoms with Gasteiger partial charge in [0.15, 0.2) is 11.6 Å².